The van der Waals surface area contributed by atoms with Gasteiger partial charge in [0.25, 0.3) is 0 Å². The number of ether oxygens (including phenoxy) is 2. The van der Waals surface area contributed by atoms with Crippen LogP contribution in [0.2, 0.25) is 0 Å². The molecular weight excluding hydrogens is 381 g/mol. The maximum atomic E-state index is 5.84. The lowest BCUT2D eigenvalue weighted by Crippen LogP contribution is -2.47. The molecule has 2 aliphatic heterocycles. The average molecular weight is 411 g/mol. The average Bonchev–Trinajstić information content (AvgIpc) is 3.03. The second-order valence-electron chi connectivity index (χ2n) is 6.18. The Kier molecular flexibility index (Phi) is 8.89. The van der Waals surface area contributed by atoms with Crippen LogP contribution in [0.4, 0.5) is 0 Å². The van der Waals surface area contributed by atoms with Gasteiger partial charge in [-0.2, -0.15) is 0 Å². The van der Waals surface area contributed by atoms with Crippen LogP contribution in [-0.2, 0) is 9.47 Å². The van der Waals surface area contributed by atoms with Gasteiger partial charge in [-0.25, -0.2) is 0 Å². The van der Waals surface area contributed by atoms with E-state index >= 15 is 0 Å². The first-order valence-electron chi connectivity index (χ1n) is 7.89. The second kappa shape index (κ2) is 9.84. The van der Waals surface area contributed by atoms with Gasteiger partial charge in [0.2, 0.25) is 0 Å². The highest BCUT2D eigenvalue weighted by Crippen LogP contribution is 2.34. The summed E-state index contributed by atoms with van der Waals surface area (Å²) in [5.41, 5.74) is 0. The van der Waals surface area contributed by atoms with Crippen molar-refractivity contribution in [3.63, 3.8) is 0 Å². The van der Waals surface area contributed by atoms with Gasteiger partial charge in [-0.1, -0.05) is 13.8 Å². The lowest BCUT2D eigenvalue weighted by Gasteiger charge is -2.22. The minimum absolute atomic E-state index is 0. The van der Waals surface area contributed by atoms with Crippen molar-refractivity contribution in [3.05, 3.63) is 0 Å². The number of nitrogens with one attached hydrogen (secondary N) is 2. The zero-order valence-corrected chi connectivity index (χ0v) is 15.8. The van der Waals surface area contributed by atoms with E-state index in [1.54, 1.807) is 0 Å². The number of hydrogen-bond donors (Lipinski definition) is 2. The van der Waals surface area contributed by atoms with Gasteiger partial charge in [0.05, 0.1) is 18.2 Å². The third-order valence-electron chi connectivity index (χ3n) is 3.86. The van der Waals surface area contributed by atoms with Gasteiger partial charge >= 0.3 is 0 Å². The largest absolute Gasteiger partial charge is 0.381 e. The van der Waals surface area contributed by atoms with E-state index in [1.807, 2.05) is 7.05 Å². The summed E-state index contributed by atoms with van der Waals surface area (Å²) in [4.78, 5) is 4.28. The number of aliphatic imine (C=N–C) groups is 1. The molecule has 0 radical (unpaired) electrons. The van der Waals surface area contributed by atoms with Crippen molar-refractivity contribution >= 4 is 29.9 Å². The molecule has 3 atom stereocenters. The van der Waals surface area contributed by atoms with Crippen LogP contribution >= 0.6 is 24.0 Å². The summed E-state index contributed by atoms with van der Waals surface area (Å²) in [6.45, 7) is 6.87. The van der Waals surface area contributed by atoms with Crippen LogP contribution in [0.15, 0.2) is 4.99 Å². The zero-order chi connectivity index (χ0) is 14.4. The third kappa shape index (κ3) is 6.28. The van der Waals surface area contributed by atoms with E-state index in [2.05, 4.69) is 29.5 Å². The number of rotatable bonds is 7. The molecule has 0 saturated carbocycles. The molecule has 5 nitrogen and oxygen atoms in total. The first-order valence-corrected chi connectivity index (χ1v) is 7.89. The van der Waals surface area contributed by atoms with Crippen LogP contribution < -0.4 is 10.6 Å². The Morgan fingerprint density at radius 2 is 2.19 bits per heavy atom. The number of halogens is 1. The molecule has 0 spiro atoms. The summed E-state index contributed by atoms with van der Waals surface area (Å²) in [6.07, 6.45) is 5.38. The standard InChI is InChI=1S/C15H29N3O2.HI/c1-11(2)10-19-8-4-7-17-15(16-3)18-13-9-12-5-6-14(13)20-12;/h11-14H,4-10H2,1-3H3,(H2,16,17,18);1H. The summed E-state index contributed by atoms with van der Waals surface area (Å²) in [5, 5.41) is 6.83. The monoisotopic (exact) mass is 411 g/mol. The van der Waals surface area contributed by atoms with Gasteiger partial charge in [0.15, 0.2) is 5.96 Å². The highest BCUT2D eigenvalue weighted by Gasteiger charge is 2.40. The van der Waals surface area contributed by atoms with Crippen molar-refractivity contribution in [2.45, 2.75) is 57.8 Å². The topological polar surface area (TPSA) is 54.9 Å². The molecule has 21 heavy (non-hydrogen) atoms. The molecule has 6 heteroatoms. The predicted molar refractivity (Wildman–Crippen MR) is 96.5 cm³/mol. The van der Waals surface area contributed by atoms with Crippen molar-refractivity contribution in [2.75, 3.05) is 26.8 Å². The summed E-state index contributed by atoms with van der Waals surface area (Å²) in [6, 6.07) is 0.428. The first kappa shape index (κ1) is 19.0. The van der Waals surface area contributed by atoms with Gasteiger partial charge in [0.1, 0.15) is 0 Å². The first-order chi connectivity index (χ1) is 9.69. The lowest BCUT2D eigenvalue weighted by molar-refractivity contribution is 0.0991. The molecule has 0 aromatic heterocycles. The minimum atomic E-state index is 0. The van der Waals surface area contributed by atoms with Crippen molar-refractivity contribution in [1.29, 1.82) is 0 Å². The Hall–Kier alpha value is -0.0800. The number of nitrogens with zero attached hydrogens (tertiary/aromatic N) is 1. The van der Waals surface area contributed by atoms with Crippen LogP contribution in [-0.4, -0.2) is 51.0 Å². The van der Waals surface area contributed by atoms with Crippen molar-refractivity contribution in [2.24, 2.45) is 10.9 Å². The van der Waals surface area contributed by atoms with Crippen LogP contribution in [0.25, 0.3) is 0 Å². The maximum absolute atomic E-state index is 5.84. The fraction of sp³-hybridized carbons (Fsp3) is 0.933. The molecule has 0 aliphatic carbocycles. The van der Waals surface area contributed by atoms with Crippen molar-refractivity contribution in [3.8, 4) is 0 Å². The SMILES string of the molecule is CN=C(NCCCOCC(C)C)NC1CC2CCC1O2.I. The Labute approximate surface area is 145 Å². The van der Waals surface area contributed by atoms with E-state index in [1.165, 1.54) is 12.8 Å². The van der Waals surface area contributed by atoms with Gasteiger partial charge < -0.3 is 20.1 Å². The van der Waals surface area contributed by atoms with Crippen LogP contribution in [0.1, 0.15) is 39.5 Å². The third-order valence-corrected chi connectivity index (χ3v) is 3.86. The highest BCUT2D eigenvalue weighted by atomic mass is 127. The second-order valence-corrected chi connectivity index (χ2v) is 6.18. The van der Waals surface area contributed by atoms with E-state index in [9.17, 15) is 0 Å². The maximum Gasteiger partial charge on any atom is 0.191 e. The molecule has 2 fully saturated rings. The molecule has 0 aromatic carbocycles. The van der Waals surface area contributed by atoms with Crippen LogP contribution in [0.3, 0.4) is 0 Å². The molecular formula is C15H30IN3O2. The molecule has 2 N–H and O–H groups in total. The molecule has 2 bridgehead atoms. The van der Waals surface area contributed by atoms with Crippen molar-refractivity contribution in [1.82, 2.24) is 10.6 Å². The van der Waals surface area contributed by atoms with Gasteiger partial charge in [-0.05, 0) is 31.6 Å². The summed E-state index contributed by atoms with van der Waals surface area (Å²) >= 11 is 0. The van der Waals surface area contributed by atoms with Gasteiger partial charge in [-0.3, -0.25) is 4.99 Å². The van der Waals surface area contributed by atoms with E-state index < -0.39 is 0 Å². The molecule has 2 rings (SSSR count). The van der Waals surface area contributed by atoms with Gasteiger partial charge in [-0.15, -0.1) is 24.0 Å². The van der Waals surface area contributed by atoms with Crippen LogP contribution in [0.5, 0.6) is 0 Å². The molecule has 2 saturated heterocycles. The minimum Gasteiger partial charge on any atom is -0.381 e. The number of hydrogen-bond acceptors (Lipinski definition) is 3. The van der Waals surface area contributed by atoms with E-state index in [0.717, 1.165) is 38.6 Å². The zero-order valence-electron chi connectivity index (χ0n) is 13.4. The Bertz CT molecular complexity index is 326. The Morgan fingerprint density at radius 3 is 2.76 bits per heavy atom. The lowest BCUT2D eigenvalue weighted by atomic mass is 9.96. The van der Waals surface area contributed by atoms with Crippen molar-refractivity contribution < 1.29 is 9.47 Å². The van der Waals surface area contributed by atoms with E-state index in [0.29, 0.717) is 24.2 Å². The summed E-state index contributed by atoms with van der Waals surface area (Å²) in [7, 11) is 1.82. The molecule has 3 unspecified atom stereocenters. The van der Waals surface area contributed by atoms with Gasteiger partial charge in [0, 0.05) is 26.8 Å². The predicted octanol–water partition coefficient (Wildman–Crippen LogP) is 2.15. The normalized spacial score (nSPS) is 27.8. The fourth-order valence-electron chi connectivity index (χ4n) is 2.86. The molecule has 0 amide bonds. The number of fused-ring (bicyclic) bond motifs is 2. The molecule has 124 valence electrons. The quantitative estimate of drug-likeness (QED) is 0.292. The van der Waals surface area contributed by atoms with E-state index in [-0.39, 0.29) is 24.0 Å². The summed E-state index contributed by atoms with van der Waals surface area (Å²) in [5.74, 6) is 1.49. The summed E-state index contributed by atoms with van der Waals surface area (Å²) < 4.78 is 11.4. The molecule has 2 heterocycles. The smallest absolute Gasteiger partial charge is 0.191 e. The Balaban J connectivity index is 0.00000220. The number of guanidine groups is 1. The Morgan fingerprint density at radius 1 is 1.38 bits per heavy atom. The fourth-order valence-corrected chi connectivity index (χ4v) is 2.86. The molecule has 0 aromatic rings. The van der Waals surface area contributed by atoms with Crippen LogP contribution in [0, 0.1) is 5.92 Å². The highest BCUT2D eigenvalue weighted by molar-refractivity contribution is 14.0. The molecule has 2 aliphatic rings. The van der Waals surface area contributed by atoms with E-state index in [4.69, 9.17) is 9.47 Å².